The summed E-state index contributed by atoms with van der Waals surface area (Å²) in [6.07, 6.45) is 9.32. The molecule has 0 amide bonds. The summed E-state index contributed by atoms with van der Waals surface area (Å²) < 4.78 is 0. The number of carbonyl (C=O) groups is 1. The molecule has 2 unspecified atom stereocenters. The van der Waals surface area contributed by atoms with Gasteiger partial charge in [-0.15, -0.1) is 0 Å². The van der Waals surface area contributed by atoms with Crippen LogP contribution in [0.1, 0.15) is 26.2 Å². The normalized spacial score (nSPS) is 27.7. The highest BCUT2D eigenvalue weighted by atomic mass is 16.3. The topological polar surface area (TPSA) is 37.3 Å². The number of hydrogen-bond donors (Lipinski definition) is 1. The molecule has 2 nitrogen and oxygen atoms in total. The van der Waals surface area contributed by atoms with Gasteiger partial charge in [-0.05, 0) is 25.3 Å². The summed E-state index contributed by atoms with van der Waals surface area (Å²) in [7, 11) is 0. The fraction of sp³-hybridized carbons (Fsp3) is 0.545. The van der Waals surface area contributed by atoms with Crippen LogP contribution in [0.15, 0.2) is 24.3 Å². The summed E-state index contributed by atoms with van der Waals surface area (Å²) in [6.45, 7) is 2.08. The fourth-order valence-corrected chi connectivity index (χ4v) is 1.49. The SMILES string of the molecule is CCC=CCCC1C(=O)C=CC1O. The highest BCUT2D eigenvalue weighted by molar-refractivity contribution is 5.94. The quantitative estimate of drug-likeness (QED) is 0.670. The van der Waals surface area contributed by atoms with Crippen LogP contribution in [0.25, 0.3) is 0 Å². The van der Waals surface area contributed by atoms with Gasteiger partial charge in [0.1, 0.15) is 0 Å². The number of carbonyl (C=O) groups excluding carboxylic acids is 1. The van der Waals surface area contributed by atoms with E-state index in [1.165, 1.54) is 6.08 Å². The molecule has 0 saturated heterocycles. The van der Waals surface area contributed by atoms with E-state index in [1.807, 2.05) is 0 Å². The van der Waals surface area contributed by atoms with Crippen LogP contribution in [0.5, 0.6) is 0 Å². The molecular weight excluding hydrogens is 164 g/mol. The van der Waals surface area contributed by atoms with E-state index in [0.29, 0.717) is 0 Å². The lowest BCUT2D eigenvalue weighted by Crippen LogP contribution is -2.19. The smallest absolute Gasteiger partial charge is 0.161 e. The number of rotatable bonds is 4. The van der Waals surface area contributed by atoms with Crippen molar-refractivity contribution in [2.45, 2.75) is 32.3 Å². The van der Waals surface area contributed by atoms with Crippen molar-refractivity contribution in [3.8, 4) is 0 Å². The van der Waals surface area contributed by atoms with E-state index >= 15 is 0 Å². The molecule has 0 aromatic heterocycles. The first-order valence-corrected chi connectivity index (χ1v) is 4.80. The molecule has 1 aliphatic carbocycles. The number of aliphatic hydroxyl groups excluding tert-OH is 1. The van der Waals surface area contributed by atoms with Gasteiger partial charge in [-0.1, -0.05) is 25.2 Å². The van der Waals surface area contributed by atoms with Crippen molar-refractivity contribution in [1.82, 2.24) is 0 Å². The summed E-state index contributed by atoms with van der Waals surface area (Å²) in [4.78, 5) is 11.2. The summed E-state index contributed by atoms with van der Waals surface area (Å²) in [5, 5.41) is 9.38. The van der Waals surface area contributed by atoms with Crippen molar-refractivity contribution in [2.75, 3.05) is 0 Å². The Kier molecular flexibility index (Phi) is 3.90. The third-order valence-electron chi connectivity index (χ3n) is 2.28. The number of allylic oxidation sites excluding steroid dienone is 3. The molecule has 1 N–H and O–H groups in total. The van der Waals surface area contributed by atoms with E-state index in [2.05, 4.69) is 19.1 Å². The Labute approximate surface area is 79.0 Å². The molecule has 72 valence electrons. The molecule has 0 fully saturated rings. The minimum absolute atomic E-state index is 0.0670. The second-order valence-corrected chi connectivity index (χ2v) is 3.32. The zero-order valence-electron chi connectivity index (χ0n) is 7.94. The molecule has 1 rings (SSSR count). The van der Waals surface area contributed by atoms with E-state index in [0.717, 1.165) is 19.3 Å². The second kappa shape index (κ2) is 4.97. The predicted molar refractivity (Wildman–Crippen MR) is 52.3 cm³/mol. The van der Waals surface area contributed by atoms with E-state index in [9.17, 15) is 9.90 Å². The van der Waals surface area contributed by atoms with Gasteiger partial charge in [0.05, 0.1) is 12.0 Å². The average Bonchev–Trinajstić information content (AvgIpc) is 2.42. The predicted octanol–water partition coefficient (Wildman–Crippen LogP) is 1.85. The summed E-state index contributed by atoms with van der Waals surface area (Å²) in [5.74, 6) is -0.126. The second-order valence-electron chi connectivity index (χ2n) is 3.32. The number of ketones is 1. The summed E-state index contributed by atoms with van der Waals surface area (Å²) >= 11 is 0. The van der Waals surface area contributed by atoms with Crippen LogP contribution in [0.2, 0.25) is 0 Å². The maximum Gasteiger partial charge on any atom is 0.161 e. The zero-order valence-corrected chi connectivity index (χ0v) is 7.94. The molecular formula is C11H16O2. The third kappa shape index (κ3) is 2.81. The first-order valence-electron chi connectivity index (χ1n) is 4.80. The minimum atomic E-state index is -0.553. The Morgan fingerprint density at radius 2 is 2.31 bits per heavy atom. The average molecular weight is 180 g/mol. The molecule has 0 aromatic carbocycles. The Morgan fingerprint density at radius 1 is 1.54 bits per heavy atom. The van der Waals surface area contributed by atoms with Crippen molar-refractivity contribution in [3.63, 3.8) is 0 Å². The lowest BCUT2D eigenvalue weighted by atomic mass is 9.97. The lowest BCUT2D eigenvalue weighted by molar-refractivity contribution is -0.119. The molecule has 2 heteroatoms. The third-order valence-corrected chi connectivity index (χ3v) is 2.28. The Balaban J connectivity index is 2.29. The van der Waals surface area contributed by atoms with Crippen molar-refractivity contribution in [3.05, 3.63) is 24.3 Å². The summed E-state index contributed by atoms with van der Waals surface area (Å²) in [5.41, 5.74) is 0. The van der Waals surface area contributed by atoms with Gasteiger partial charge in [0, 0.05) is 0 Å². The lowest BCUT2D eigenvalue weighted by Gasteiger charge is -2.10. The van der Waals surface area contributed by atoms with Crippen LogP contribution in [-0.2, 0) is 4.79 Å². The maximum atomic E-state index is 11.2. The van der Waals surface area contributed by atoms with Crippen molar-refractivity contribution in [1.29, 1.82) is 0 Å². The highest BCUT2D eigenvalue weighted by Crippen LogP contribution is 2.20. The molecule has 0 heterocycles. The first-order chi connectivity index (χ1) is 6.25. The van der Waals surface area contributed by atoms with Gasteiger partial charge in [-0.2, -0.15) is 0 Å². The number of hydrogen-bond acceptors (Lipinski definition) is 2. The van der Waals surface area contributed by atoms with Crippen molar-refractivity contribution < 1.29 is 9.90 Å². The van der Waals surface area contributed by atoms with E-state index in [1.54, 1.807) is 6.08 Å². The van der Waals surface area contributed by atoms with E-state index in [-0.39, 0.29) is 11.7 Å². The molecule has 1 aliphatic rings. The van der Waals surface area contributed by atoms with E-state index in [4.69, 9.17) is 0 Å². The maximum absolute atomic E-state index is 11.2. The van der Waals surface area contributed by atoms with Gasteiger partial charge < -0.3 is 5.11 Å². The van der Waals surface area contributed by atoms with Gasteiger partial charge in [0.15, 0.2) is 5.78 Å². The van der Waals surface area contributed by atoms with Crippen LogP contribution in [0, 0.1) is 5.92 Å². The largest absolute Gasteiger partial charge is 0.388 e. The Morgan fingerprint density at radius 3 is 2.85 bits per heavy atom. The Bertz CT molecular complexity index is 228. The van der Waals surface area contributed by atoms with Crippen LogP contribution in [-0.4, -0.2) is 17.0 Å². The van der Waals surface area contributed by atoms with Gasteiger partial charge in [-0.3, -0.25) is 4.79 Å². The van der Waals surface area contributed by atoms with Crippen LogP contribution < -0.4 is 0 Å². The van der Waals surface area contributed by atoms with Gasteiger partial charge in [0.2, 0.25) is 0 Å². The molecule has 0 radical (unpaired) electrons. The highest BCUT2D eigenvalue weighted by Gasteiger charge is 2.27. The molecule has 0 saturated carbocycles. The first kappa shape index (κ1) is 10.2. The molecule has 13 heavy (non-hydrogen) atoms. The Hall–Kier alpha value is -0.890. The molecule has 0 bridgehead atoms. The van der Waals surface area contributed by atoms with E-state index < -0.39 is 6.10 Å². The standard InChI is InChI=1S/C11H16O2/c1-2-3-4-5-6-9-10(12)7-8-11(9)13/h3-4,7-10,12H,2,5-6H2,1H3. The molecule has 2 atom stereocenters. The zero-order chi connectivity index (χ0) is 9.68. The van der Waals surface area contributed by atoms with Gasteiger partial charge in [-0.25, -0.2) is 0 Å². The molecule has 0 aromatic rings. The van der Waals surface area contributed by atoms with Crippen LogP contribution in [0.4, 0.5) is 0 Å². The minimum Gasteiger partial charge on any atom is -0.388 e. The van der Waals surface area contributed by atoms with Crippen molar-refractivity contribution in [2.24, 2.45) is 5.92 Å². The van der Waals surface area contributed by atoms with Gasteiger partial charge >= 0.3 is 0 Å². The fourth-order valence-electron chi connectivity index (χ4n) is 1.49. The van der Waals surface area contributed by atoms with Crippen LogP contribution in [0.3, 0.4) is 0 Å². The number of aliphatic hydroxyl groups is 1. The molecule has 0 spiro atoms. The monoisotopic (exact) mass is 180 g/mol. The van der Waals surface area contributed by atoms with Crippen LogP contribution >= 0.6 is 0 Å². The molecule has 0 aliphatic heterocycles. The van der Waals surface area contributed by atoms with Gasteiger partial charge in [0.25, 0.3) is 0 Å². The van der Waals surface area contributed by atoms with Crippen molar-refractivity contribution >= 4 is 5.78 Å². The summed E-state index contributed by atoms with van der Waals surface area (Å²) in [6, 6.07) is 0.